The number of benzene rings is 2. The van der Waals surface area contributed by atoms with E-state index in [-0.39, 0.29) is 75.3 Å². The van der Waals surface area contributed by atoms with Gasteiger partial charge in [-0.3, -0.25) is 38.5 Å². The van der Waals surface area contributed by atoms with Crippen LogP contribution in [0.25, 0.3) is 0 Å². The Bertz CT molecular complexity index is 2100. The van der Waals surface area contributed by atoms with Gasteiger partial charge in [-0.05, 0) is 75.8 Å². The number of nitrogens with zero attached hydrogens (tertiary/aromatic N) is 5. The molecular formula is C51H72N6O10. The van der Waals surface area contributed by atoms with Gasteiger partial charge >= 0.3 is 5.97 Å². The topological polar surface area (TPSA) is 192 Å². The van der Waals surface area contributed by atoms with E-state index in [4.69, 9.17) is 18.9 Å². The minimum absolute atomic E-state index is 0.0411. The zero-order valence-electron chi connectivity index (χ0n) is 40.7. The van der Waals surface area contributed by atoms with Crippen molar-refractivity contribution in [3.63, 3.8) is 0 Å². The molecule has 366 valence electrons. The van der Waals surface area contributed by atoms with Crippen LogP contribution in [-0.2, 0) is 74.2 Å². The van der Waals surface area contributed by atoms with Crippen molar-refractivity contribution < 1.29 is 47.7 Å². The van der Waals surface area contributed by atoms with Crippen molar-refractivity contribution in [1.82, 2.24) is 30.1 Å². The van der Waals surface area contributed by atoms with Gasteiger partial charge in [0.05, 0.1) is 51.3 Å². The lowest BCUT2D eigenvalue weighted by Gasteiger charge is -2.36. The first-order chi connectivity index (χ1) is 31.8. The van der Waals surface area contributed by atoms with Crippen LogP contribution in [0.5, 0.6) is 0 Å². The van der Waals surface area contributed by atoms with Crippen LogP contribution in [0.1, 0.15) is 97.4 Å². The van der Waals surface area contributed by atoms with Gasteiger partial charge < -0.3 is 24.3 Å². The SMILES string of the molecule is CC(C)C[C@H](NC(=O)[C@@H](CC(=O)[C@H](CC(C)C)N(COC(=O)C(C)(C)OCc1cn(C)nn1)C(=O)[C@H](CCc1ccccc1)CC(=O)CN1CCOCC1)Cc1ccccc1)C(=O)[C@@]1(C)CO1. The van der Waals surface area contributed by atoms with E-state index in [0.717, 1.165) is 11.1 Å². The van der Waals surface area contributed by atoms with E-state index in [1.54, 1.807) is 34.0 Å². The zero-order chi connectivity index (χ0) is 48.7. The molecule has 16 nitrogen and oxygen atoms in total. The van der Waals surface area contributed by atoms with Gasteiger partial charge in [0.25, 0.3) is 0 Å². The quantitative estimate of drug-likeness (QED) is 0.0576. The lowest BCUT2D eigenvalue weighted by atomic mass is 9.86. The summed E-state index contributed by atoms with van der Waals surface area (Å²) in [4.78, 5) is 89.8. The Morgan fingerprint density at radius 1 is 0.881 bits per heavy atom. The van der Waals surface area contributed by atoms with E-state index >= 15 is 9.59 Å². The van der Waals surface area contributed by atoms with Crippen LogP contribution in [0.4, 0.5) is 0 Å². The molecule has 2 amide bonds. The Balaban J connectivity index is 1.48. The molecular weight excluding hydrogens is 857 g/mol. The first-order valence-corrected chi connectivity index (χ1v) is 23.7. The van der Waals surface area contributed by atoms with Crippen molar-refractivity contribution in [1.29, 1.82) is 0 Å². The Morgan fingerprint density at radius 2 is 1.51 bits per heavy atom. The minimum Gasteiger partial charge on any atom is -0.442 e. The second-order valence-electron chi connectivity index (χ2n) is 19.7. The highest BCUT2D eigenvalue weighted by Gasteiger charge is 2.50. The third-order valence-corrected chi connectivity index (χ3v) is 12.3. The maximum absolute atomic E-state index is 15.3. The normalized spacial score (nSPS) is 18.2. The molecule has 67 heavy (non-hydrogen) atoms. The number of carbonyl (C=O) groups excluding carboxylic acids is 6. The molecule has 1 aromatic heterocycles. The van der Waals surface area contributed by atoms with Gasteiger partial charge in [0.2, 0.25) is 11.8 Å². The number of esters is 1. The molecule has 0 aliphatic carbocycles. The van der Waals surface area contributed by atoms with Crippen LogP contribution in [-0.4, -0.2) is 129 Å². The van der Waals surface area contributed by atoms with Gasteiger partial charge in [0, 0.05) is 44.8 Å². The molecule has 16 heteroatoms. The molecule has 2 aromatic carbocycles. The summed E-state index contributed by atoms with van der Waals surface area (Å²) in [5, 5.41) is 11.0. The first kappa shape index (κ1) is 52.8. The molecule has 5 rings (SSSR count). The molecule has 3 aromatic rings. The van der Waals surface area contributed by atoms with E-state index in [0.29, 0.717) is 44.8 Å². The van der Waals surface area contributed by atoms with E-state index in [9.17, 15) is 19.2 Å². The molecule has 0 unspecified atom stereocenters. The average Bonchev–Trinajstić information content (AvgIpc) is 3.91. The molecule has 0 radical (unpaired) electrons. The number of rotatable bonds is 28. The lowest BCUT2D eigenvalue weighted by Crippen LogP contribution is -2.52. The number of amides is 2. The van der Waals surface area contributed by atoms with Crippen LogP contribution in [0, 0.1) is 23.7 Å². The second-order valence-corrected chi connectivity index (χ2v) is 19.7. The van der Waals surface area contributed by atoms with Gasteiger partial charge in [-0.15, -0.1) is 5.10 Å². The number of ether oxygens (including phenoxy) is 4. The number of aromatic nitrogens is 3. The van der Waals surface area contributed by atoms with Crippen LogP contribution in [0.2, 0.25) is 0 Å². The summed E-state index contributed by atoms with van der Waals surface area (Å²) in [5.74, 6) is -4.42. The van der Waals surface area contributed by atoms with Crippen molar-refractivity contribution in [3.8, 4) is 0 Å². The zero-order valence-corrected chi connectivity index (χ0v) is 40.7. The van der Waals surface area contributed by atoms with E-state index in [1.807, 2.05) is 93.3 Å². The minimum atomic E-state index is -1.50. The van der Waals surface area contributed by atoms with Crippen molar-refractivity contribution >= 4 is 35.1 Å². The molecule has 2 fully saturated rings. The van der Waals surface area contributed by atoms with Crippen LogP contribution in [0.15, 0.2) is 66.9 Å². The molecule has 2 saturated heterocycles. The van der Waals surface area contributed by atoms with Gasteiger partial charge in [-0.25, -0.2) is 4.79 Å². The molecule has 2 aliphatic heterocycles. The molecule has 5 atom stereocenters. The predicted octanol–water partition coefficient (Wildman–Crippen LogP) is 5.10. The number of epoxide rings is 1. The van der Waals surface area contributed by atoms with Crippen molar-refractivity contribution in [2.24, 2.45) is 30.7 Å². The summed E-state index contributed by atoms with van der Waals surface area (Å²) in [6.07, 6.45) is 2.76. The number of morpholine rings is 1. The fourth-order valence-corrected chi connectivity index (χ4v) is 8.29. The summed E-state index contributed by atoms with van der Waals surface area (Å²) < 4.78 is 24.4. The third kappa shape index (κ3) is 16.5. The lowest BCUT2D eigenvalue weighted by molar-refractivity contribution is -0.179. The van der Waals surface area contributed by atoms with E-state index in [1.165, 1.54) is 9.58 Å². The number of hydrogen-bond donors (Lipinski definition) is 1. The Morgan fingerprint density at radius 3 is 2.09 bits per heavy atom. The maximum atomic E-state index is 15.3. The molecule has 0 saturated carbocycles. The van der Waals surface area contributed by atoms with E-state index < -0.39 is 65.4 Å². The molecule has 0 bridgehead atoms. The van der Waals surface area contributed by atoms with Gasteiger partial charge in [-0.2, -0.15) is 0 Å². The van der Waals surface area contributed by atoms with Crippen LogP contribution >= 0.6 is 0 Å². The van der Waals surface area contributed by atoms with Gasteiger partial charge in [-0.1, -0.05) is 93.6 Å². The van der Waals surface area contributed by atoms with Crippen LogP contribution in [0.3, 0.4) is 0 Å². The highest BCUT2D eigenvalue weighted by Crippen LogP contribution is 2.31. The Kier molecular flexibility index (Phi) is 19.5. The Hall–Kier alpha value is -5.16. The monoisotopic (exact) mass is 929 g/mol. The number of nitrogens with one attached hydrogen (secondary N) is 1. The van der Waals surface area contributed by atoms with Gasteiger partial charge in [0.15, 0.2) is 23.9 Å². The van der Waals surface area contributed by atoms with E-state index in [2.05, 4.69) is 15.6 Å². The summed E-state index contributed by atoms with van der Waals surface area (Å²) in [7, 11) is 1.71. The summed E-state index contributed by atoms with van der Waals surface area (Å²) in [5.41, 5.74) is -0.202. The smallest absolute Gasteiger partial charge is 0.339 e. The molecule has 0 spiro atoms. The standard InChI is InChI=1S/C51H72N6O10/c1-35(2)25-43(46(60)51(7)33-67-51)52-47(61)40(27-38-17-13-10-14-18-38)29-45(59)44(26-36(3)4)57(34-65-49(63)50(5,6)66-32-41-30-55(8)54-53-41)48(62)39(20-19-37-15-11-9-12-16-37)28-42(58)31-56-21-23-64-24-22-56/h9-18,30,35-36,39-40,43-44H,19-29,31-34H2,1-8H3,(H,52,61)/t39-,40-,43+,44+,51-/m1/s1. The summed E-state index contributed by atoms with van der Waals surface area (Å²) >= 11 is 0. The number of Topliss-reactive ketones (excluding diaryl/α,β-unsaturated/α-hetero) is 3. The highest BCUT2D eigenvalue weighted by atomic mass is 16.6. The highest BCUT2D eigenvalue weighted by molar-refractivity contribution is 5.98. The van der Waals surface area contributed by atoms with Gasteiger partial charge in [0.1, 0.15) is 17.1 Å². The fourth-order valence-electron chi connectivity index (χ4n) is 8.29. The van der Waals surface area contributed by atoms with Crippen molar-refractivity contribution in [2.75, 3.05) is 46.2 Å². The third-order valence-electron chi connectivity index (χ3n) is 12.3. The summed E-state index contributed by atoms with van der Waals surface area (Å²) in [6.45, 7) is 14.5. The number of aryl methyl sites for hydroxylation is 2. The summed E-state index contributed by atoms with van der Waals surface area (Å²) in [6, 6.07) is 17.0. The largest absolute Gasteiger partial charge is 0.442 e. The second kappa shape index (κ2) is 24.7. The maximum Gasteiger partial charge on any atom is 0.339 e. The number of hydrogen-bond acceptors (Lipinski definition) is 13. The van der Waals surface area contributed by atoms with Crippen molar-refractivity contribution in [3.05, 3.63) is 83.7 Å². The average molecular weight is 929 g/mol. The molecule has 1 N–H and O–H groups in total. The predicted molar refractivity (Wildman–Crippen MR) is 250 cm³/mol. The number of ketones is 3. The number of carbonyl (C=O) groups is 6. The molecule has 3 heterocycles. The van der Waals surface area contributed by atoms with Crippen LogP contribution < -0.4 is 5.32 Å². The fraction of sp³-hybridized carbons (Fsp3) is 0.608. The Labute approximate surface area is 395 Å². The molecule has 2 aliphatic rings. The van der Waals surface area contributed by atoms with Crippen molar-refractivity contribution in [2.45, 2.75) is 123 Å². The first-order valence-electron chi connectivity index (χ1n) is 23.7.